The SMILES string of the molecule is O=C(Nc1ccccc1)N(CCCN1CCOCC1)Cc1cccc2ccccc12. The number of nitrogens with one attached hydrogen (secondary N) is 1. The Morgan fingerprint density at radius 3 is 2.50 bits per heavy atom. The maximum Gasteiger partial charge on any atom is 0.322 e. The first-order valence-corrected chi connectivity index (χ1v) is 10.7. The lowest BCUT2D eigenvalue weighted by Crippen LogP contribution is -2.40. The van der Waals surface area contributed by atoms with Crippen molar-refractivity contribution in [2.45, 2.75) is 13.0 Å². The number of amides is 2. The number of para-hydroxylation sites is 1. The Balaban J connectivity index is 1.47. The van der Waals surface area contributed by atoms with Gasteiger partial charge in [0.05, 0.1) is 13.2 Å². The van der Waals surface area contributed by atoms with E-state index < -0.39 is 0 Å². The summed E-state index contributed by atoms with van der Waals surface area (Å²) in [6.45, 7) is 5.82. The Morgan fingerprint density at radius 1 is 0.933 bits per heavy atom. The van der Waals surface area contributed by atoms with Gasteiger partial charge in [0.15, 0.2) is 0 Å². The van der Waals surface area contributed by atoms with Crippen molar-refractivity contribution >= 4 is 22.5 Å². The fourth-order valence-corrected chi connectivity index (χ4v) is 3.92. The standard InChI is InChI=1S/C25H29N3O2/c29-25(26-23-11-2-1-3-12-23)28(15-7-14-27-16-18-30-19-17-27)20-22-10-6-9-21-8-4-5-13-24(21)22/h1-6,8-13H,7,14-20H2,(H,26,29). The summed E-state index contributed by atoms with van der Waals surface area (Å²) in [5.74, 6) is 0. The number of benzene rings is 3. The molecule has 0 atom stereocenters. The van der Waals surface area contributed by atoms with E-state index in [1.54, 1.807) is 0 Å². The van der Waals surface area contributed by atoms with Crippen LogP contribution in [0.15, 0.2) is 72.8 Å². The highest BCUT2D eigenvalue weighted by Crippen LogP contribution is 2.21. The summed E-state index contributed by atoms with van der Waals surface area (Å²) in [7, 11) is 0. The highest BCUT2D eigenvalue weighted by atomic mass is 16.5. The van der Waals surface area contributed by atoms with Gasteiger partial charge in [-0.15, -0.1) is 0 Å². The normalized spacial score (nSPS) is 14.5. The summed E-state index contributed by atoms with van der Waals surface area (Å²) >= 11 is 0. The number of carbonyl (C=O) groups is 1. The molecule has 0 aromatic heterocycles. The Labute approximate surface area is 178 Å². The molecule has 30 heavy (non-hydrogen) atoms. The van der Waals surface area contributed by atoms with Crippen molar-refractivity contribution in [1.29, 1.82) is 0 Å². The molecule has 3 aromatic rings. The van der Waals surface area contributed by atoms with Gasteiger partial charge in [0, 0.05) is 38.4 Å². The average Bonchev–Trinajstić information content (AvgIpc) is 2.80. The smallest absolute Gasteiger partial charge is 0.322 e. The predicted molar refractivity (Wildman–Crippen MR) is 122 cm³/mol. The van der Waals surface area contributed by atoms with Gasteiger partial charge < -0.3 is 15.0 Å². The number of carbonyl (C=O) groups excluding carboxylic acids is 1. The zero-order valence-electron chi connectivity index (χ0n) is 17.3. The van der Waals surface area contributed by atoms with Crippen LogP contribution in [-0.4, -0.2) is 55.2 Å². The number of urea groups is 1. The summed E-state index contributed by atoms with van der Waals surface area (Å²) < 4.78 is 5.44. The number of morpholine rings is 1. The van der Waals surface area contributed by atoms with E-state index in [2.05, 4.69) is 46.6 Å². The van der Waals surface area contributed by atoms with Crippen molar-refractivity contribution in [3.63, 3.8) is 0 Å². The molecule has 0 aliphatic carbocycles. The molecule has 5 heteroatoms. The third-order valence-corrected chi connectivity index (χ3v) is 5.56. The van der Waals surface area contributed by atoms with Crippen LogP contribution in [0, 0.1) is 0 Å². The van der Waals surface area contributed by atoms with Gasteiger partial charge in [-0.3, -0.25) is 4.90 Å². The van der Waals surface area contributed by atoms with Crippen molar-refractivity contribution in [2.24, 2.45) is 0 Å². The van der Waals surface area contributed by atoms with Crippen molar-refractivity contribution in [2.75, 3.05) is 44.7 Å². The molecule has 0 spiro atoms. The molecule has 1 heterocycles. The van der Waals surface area contributed by atoms with E-state index in [1.165, 1.54) is 16.3 Å². The summed E-state index contributed by atoms with van der Waals surface area (Å²) in [4.78, 5) is 17.5. The minimum absolute atomic E-state index is 0.0592. The second kappa shape index (κ2) is 10.2. The van der Waals surface area contributed by atoms with E-state index in [0.717, 1.165) is 45.0 Å². The van der Waals surface area contributed by atoms with Crippen molar-refractivity contribution in [1.82, 2.24) is 9.80 Å². The Morgan fingerprint density at radius 2 is 1.67 bits per heavy atom. The first kappa shape index (κ1) is 20.4. The lowest BCUT2D eigenvalue weighted by molar-refractivity contribution is 0.0365. The van der Waals surface area contributed by atoms with E-state index >= 15 is 0 Å². The molecule has 0 saturated carbocycles. The molecule has 0 radical (unpaired) electrons. The van der Waals surface area contributed by atoms with Crippen LogP contribution in [0.25, 0.3) is 10.8 Å². The van der Waals surface area contributed by atoms with Gasteiger partial charge in [0.1, 0.15) is 0 Å². The molecule has 5 nitrogen and oxygen atoms in total. The molecular weight excluding hydrogens is 374 g/mol. The van der Waals surface area contributed by atoms with Crippen LogP contribution in [0.4, 0.5) is 10.5 Å². The number of ether oxygens (including phenoxy) is 1. The maximum absolute atomic E-state index is 13.1. The Bertz CT molecular complexity index is 950. The third-order valence-electron chi connectivity index (χ3n) is 5.56. The molecule has 156 valence electrons. The van der Waals surface area contributed by atoms with Crippen LogP contribution in [0.5, 0.6) is 0 Å². The van der Waals surface area contributed by atoms with Crippen LogP contribution in [0.2, 0.25) is 0 Å². The number of rotatable bonds is 7. The molecule has 1 aliphatic rings. The number of fused-ring (bicyclic) bond motifs is 1. The van der Waals surface area contributed by atoms with Gasteiger partial charge in [-0.2, -0.15) is 0 Å². The van der Waals surface area contributed by atoms with Gasteiger partial charge >= 0.3 is 6.03 Å². The van der Waals surface area contributed by atoms with Gasteiger partial charge in [-0.25, -0.2) is 4.79 Å². The largest absolute Gasteiger partial charge is 0.379 e. The molecular formula is C25H29N3O2. The topological polar surface area (TPSA) is 44.8 Å². The fraction of sp³-hybridized carbons (Fsp3) is 0.320. The van der Waals surface area contributed by atoms with Gasteiger partial charge in [0.2, 0.25) is 0 Å². The number of anilines is 1. The van der Waals surface area contributed by atoms with Gasteiger partial charge in [-0.05, 0) is 34.9 Å². The summed E-state index contributed by atoms with van der Waals surface area (Å²) in [5.41, 5.74) is 1.99. The van der Waals surface area contributed by atoms with Crippen LogP contribution in [-0.2, 0) is 11.3 Å². The fourth-order valence-electron chi connectivity index (χ4n) is 3.92. The highest BCUT2D eigenvalue weighted by molar-refractivity contribution is 5.90. The molecule has 1 N–H and O–H groups in total. The minimum Gasteiger partial charge on any atom is -0.379 e. The summed E-state index contributed by atoms with van der Waals surface area (Å²) in [6, 6.07) is 24.2. The molecule has 1 fully saturated rings. The highest BCUT2D eigenvalue weighted by Gasteiger charge is 2.17. The number of hydrogen-bond donors (Lipinski definition) is 1. The second-order valence-electron chi connectivity index (χ2n) is 7.66. The van der Waals surface area contributed by atoms with Crippen molar-refractivity contribution < 1.29 is 9.53 Å². The zero-order chi connectivity index (χ0) is 20.6. The second-order valence-corrected chi connectivity index (χ2v) is 7.66. The lowest BCUT2D eigenvalue weighted by Gasteiger charge is -2.28. The quantitative estimate of drug-likeness (QED) is 0.627. The van der Waals surface area contributed by atoms with E-state index in [4.69, 9.17) is 4.74 Å². The Kier molecular flexibility index (Phi) is 6.95. The lowest BCUT2D eigenvalue weighted by atomic mass is 10.0. The molecule has 0 bridgehead atoms. The third kappa shape index (κ3) is 5.38. The first-order chi connectivity index (χ1) is 14.8. The maximum atomic E-state index is 13.1. The van der Waals surface area contributed by atoms with Crippen LogP contribution < -0.4 is 5.32 Å². The molecule has 1 aliphatic heterocycles. The summed E-state index contributed by atoms with van der Waals surface area (Å²) in [5, 5.41) is 5.45. The summed E-state index contributed by atoms with van der Waals surface area (Å²) in [6.07, 6.45) is 0.937. The van der Waals surface area contributed by atoms with Gasteiger partial charge in [-0.1, -0.05) is 60.7 Å². The van der Waals surface area contributed by atoms with Crippen molar-refractivity contribution in [3.05, 3.63) is 78.4 Å². The van der Waals surface area contributed by atoms with E-state index in [1.807, 2.05) is 41.3 Å². The van der Waals surface area contributed by atoms with Crippen LogP contribution in [0.3, 0.4) is 0 Å². The average molecular weight is 404 g/mol. The molecule has 1 saturated heterocycles. The van der Waals surface area contributed by atoms with Crippen LogP contribution >= 0.6 is 0 Å². The van der Waals surface area contributed by atoms with Gasteiger partial charge in [0.25, 0.3) is 0 Å². The Hall–Kier alpha value is -2.89. The van der Waals surface area contributed by atoms with Crippen molar-refractivity contribution in [3.8, 4) is 0 Å². The van der Waals surface area contributed by atoms with E-state index in [9.17, 15) is 4.79 Å². The first-order valence-electron chi connectivity index (χ1n) is 10.7. The molecule has 2 amide bonds. The minimum atomic E-state index is -0.0592. The monoisotopic (exact) mass is 403 g/mol. The molecule has 4 rings (SSSR count). The number of hydrogen-bond acceptors (Lipinski definition) is 3. The zero-order valence-corrected chi connectivity index (χ0v) is 17.3. The van der Waals surface area contributed by atoms with Crippen LogP contribution in [0.1, 0.15) is 12.0 Å². The molecule has 0 unspecified atom stereocenters. The number of nitrogens with zero attached hydrogens (tertiary/aromatic N) is 2. The van der Waals surface area contributed by atoms with E-state index in [-0.39, 0.29) is 6.03 Å². The van der Waals surface area contributed by atoms with E-state index in [0.29, 0.717) is 13.1 Å². The predicted octanol–water partition coefficient (Wildman–Crippen LogP) is 4.60. The molecule has 3 aromatic carbocycles.